The molecule has 0 aliphatic heterocycles. The minimum atomic E-state index is -0.319. The highest BCUT2D eigenvalue weighted by Gasteiger charge is 2.27. The topological polar surface area (TPSA) is 34.1 Å². The predicted molar refractivity (Wildman–Crippen MR) is 102 cm³/mol. The van der Waals surface area contributed by atoms with E-state index < -0.39 is 0 Å². The molecule has 1 heterocycles. The van der Waals surface area contributed by atoms with Crippen LogP contribution in [0.1, 0.15) is 49.3 Å². The highest BCUT2D eigenvalue weighted by molar-refractivity contribution is 14.1. The van der Waals surface area contributed by atoms with Crippen molar-refractivity contribution in [2.45, 2.75) is 44.2 Å². The summed E-state index contributed by atoms with van der Waals surface area (Å²) in [6, 6.07) is 9.98. The van der Waals surface area contributed by atoms with Crippen molar-refractivity contribution in [3.63, 3.8) is 0 Å². The number of benzene rings is 1. The van der Waals surface area contributed by atoms with Crippen LogP contribution in [0.15, 0.2) is 36.5 Å². The van der Waals surface area contributed by atoms with Crippen LogP contribution in [0.4, 0.5) is 4.39 Å². The van der Waals surface area contributed by atoms with Gasteiger partial charge in [0.2, 0.25) is 0 Å². The van der Waals surface area contributed by atoms with E-state index in [9.17, 15) is 4.39 Å². The van der Waals surface area contributed by atoms with E-state index in [2.05, 4.69) is 51.9 Å². The summed E-state index contributed by atoms with van der Waals surface area (Å²) in [6.45, 7) is 2.12. The summed E-state index contributed by atoms with van der Waals surface area (Å²) in [6.07, 6.45) is 5.45. The smallest absolute Gasteiger partial charge is 0.165 e. The maximum absolute atomic E-state index is 13.6. The number of nitrogens with one attached hydrogen (secondary N) is 1. The van der Waals surface area contributed by atoms with Crippen molar-refractivity contribution in [2.75, 3.05) is 7.11 Å². The van der Waals surface area contributed by atoms with E-state index in [1.54, 1.807) is 6.07 Å². The first kappa shape index (κ1) is 17.6. The van der Waals surface area contributed by atoms with Gasteiger partial charge >= 0.3 is 0 Å². The number of nitrogens with zero attached hydrogens (tertiary/aromatic N) is 1. The maximum atomic E-state index is 13.6. The van der Waals surface area contributed by atoms with Gasteiger partial charge in [0.05, 0.1) is 7.11 Å². The molecule has 0 bridgehead atoms. The number of ether oxygens (including phenoxy) is 1. The molecule has 2 aromatic rings. The summed E-state index contributed by atoms with van der Waals surface area (Å²) in [7, 11) is 1.50. The van der Waals surface area contributed by atoms with Crippen LogP contribution < -0.4 is 10.1 Å². The minimum absolute atomic E-state index is 0.165. The number of pyridine rings is 1. The molecule has 1 saturated carbocycles. The third kappa shape index (κ3) is 4.06. The summed E-state index contributed by atoms with van der Waals surface area (Å²) in [5.41, 5.74) is 2.38. The van der Waals surface area contributed by atoms with Crippen molar-refractivity contribution >= 4 is 22.6 Å². The first-order valence-corrected chi connectivity index (χ1v) is 9.35. The lowest BCUT2D eigenvalue weighted by Gasteiger charge is -2.21. The summed E-state index contributed by atoms with van der Waals surface area (Å²) >= 11 is 2.23. The Bertz CT molecular complexity index is 692. The molecule has 1 aliphatic carbocycles. The zero-order valence-corrected chi connectivity index (χ0v) is 16.1. The quantitative estimate of drug-likeness (QED) is 0.535. The fourth-order valence-corrected chi connectivity index (χ4v) is 3.78. The largest absolute Gasteiger partial charge is 0.494 e. The van der Waals surface area contributed by atoms with Crippen molar-refractivity contribution in [2.24, 2.45) is 0 Å². The van der Waals surface area contributed by atoms with Crippen molar-refractivity contribution in [3.8, 4) is 5.75 Å². The van der Waals surface area contributed by atoms with E-state index in [4.69, 9.17) is 4.74 Å². The van der Waals surface area contributed by atoms with Gasteiger partial charge in [-0.05, 0) is 84.0 Å². The molecule has 1 fully saturated rings. The number of hydrogen-bond donors (Lipinski definition) is 1. The lowest BCUT2D eigenvalue weighted by molar-refractivity contribution is 0.384. The molecule has 5 heteroatoms. The average Bonchev–Trinajstić information content (AvgIpc) is 3.04. The van der Waals surface area contributed by atoms with E-state index >= 15 is 0 Å². The summed E-state index contributed by atoms with van der Waals surface area (Å²) in [5, 5.41) is 3.68. The molecule has 3 atom stereocenters. The van der Waals surface area contributed by atoms with Crippen LogP contribution in [0.2, 0.25) is 0 Å². The van der Waals surface area contributed by atoms with E-state index in [0.29, 0.717) is 17.7 Å². The molecule has 0 spiro atoms. The Labute approximate surface area is 156 Å². The van der Waals surface area contributed by atoms with E-state index in [1.807, 2.05) is 12.3 Å². The lowest BCUT2D eigenvalue weighted by atomic mass is 9.99. The molecular weight excluding hydrogens is 418 g/mol. The second-order valence-corrected chi connectivity index (χ2v) is 7.51. The zero-order valence-electron chi connectivity index (χ0n) is 13.9. The molecule has 1 aromatic carbocycles. The monoisotopic (exact) mass is 440 g/mol. The molecule has 0 saturated heterocycles. The van der Waals surface area contributed by atoms with E-state index in [-0.39, 0.29) is 11.9 Å². The molecule has 0 amide bonds. The molecule has 0 unspecified atom stereocenters. The first-order valence-electron chi connectivity index (χ1n) is 8.27. The Morgan fingerprint density at radius 2 is 2.12 bits per heavy atom. The van der Waals surface area contributed by atoms with Gasteiger partial charge in [-0.25, -0.2) is 4.39 Å². The van der Waals surface area contributed by atoms with Crippen LogP contribution in [-0.2, 0) is 0 Å². The molecule has 1 aliphatic rings. The Kier molecular flexibility index (Phi) is 5.71. The second-order valence-electron chi connectivity index (χ2n) is 6.40. The molecule has 1 aromatic heterocycles. The van der Waals surface area contributed by atoms with Gasteiger partial charge in [-0.15, -0.1) is 0 Å². The highest BCUT2D eigenvalue weighted by atomic mass is 127. The summed E-state index contributed by atoms with van der Waals surface area (Å²) in [4.78, 5) is 4.40. The Morgan fingerprint density at radius 1 is 1.29 bits per heavy atom. The van der Waals surface area contributed by atoms with Crippen LogP contribution in [0.5, 0.6) is 5.75 Å². The Morgan fingerprint density at radius 3 is 2.83 bits per heavy atom. The fourth-order valence-electron chi connectivity index (χ4n) is 3.46. The van der Waals surface area contributed by atoms with Crippen molar-refractivity contribution < 1.29 is 9.13 Å². The maximum Gasteiger partial charge on any atom is 0.165 e. The van der Waals surface area contributed by atoms with Gasteiger partial charge < -0.3 is 10.1 Å². The van der Waals surface area contributed by atoms with Gasteiger partial charge in [0.15, 0.2) is 11.6 Å². The van der Waals surface area contributed by atoms with Gasteiger partial charge in [-0.3, -0.25) is 4.98 Å². The summed E-state index contributed by atoms with van der Waals surface area (Å²) in [5.74, 6) is 0.554. The third-order valence-corrected chi connectivity index (χ3v) is 5.45. The predicted octanol–water partition coefficient (Wildman–Crippen LogP) is 4.82. The standard InChI is InChI=1S/C19H22FIN2O/c1-12(13-4-7-17(20)18(10-13)24-2)23-16-6-3-14(9-16)15-5-8-19(21)22-11-15/h4-5,7-8,10-12,14,16,23H,3,6,9H2,1-2H3/t12-,14-,16+/m1/s1. The molecular formula is C19H22FIN2O. The van der Waals surface area contributed by atoms with E-state index in [1.165, 1.54) is 25.2 Å². The van der Waals surface area contributed by atoms with Crippen LogP contribution in [0, 0.1) is 9.52 Å². The van der Waals surface area contributed by atoms with Gasteiger partial charge in [-0.1, -0.05) is 12.1 Å². The number of halogens is 2. The van der Waals surface area contributed by atoms with Crippen LogP contribution in [-0.4, -0.2) is 18.1 Å². The van der Waals surface area contributed by atoms with Crippen LogP contribution in [0.3, 0.4) is 0 Å². The third-order valence-electron chi connectivity index (χ3n) is 4.82. The molecule has 0 radical (unpaired) electrons. The summed E-state index contributed by atoms with van der Waals surface area (Å²) < 4.78 is 19.7. The van der Waals surface area contributed by atoms with E-state index in [0.717, 1.165) is 22.1 Å². The second kappa shape index (κ2) is 7.78. The number of hydrogen-bond acceptors (Lipinski definition) is 3. The number of rotatable bonds is 5. The Hall–Kier alpha value is -1.21. The number of aromatic nitrogens is 1. The van der Waals surface area contributed by atoms with Crippen molar-refractivity contribution in [1.29, 1.82) is 0 Å². The van der Waals surface area contributed by atoms with Crippen LogP contribution >= 0.6 is 22.6 Å². The minimum Gasteiger partial charge on any atom is -0.494 e. The zero-order chi connectivity index (χ0) is 17.1. The molecule has 3 rings (SSSR count). The molecule has 128 valence electrons. The van der Waals surface area contributed by atoms with Gasteiger partial charge in [0.25, 0.3) is 0 Å². The molecule has 1 N–H and O–H groups in total. The van der Waals surface area contributed by atoms with Gasteiger partial charge in [0.1, 0.15) is 3.70 Å². The van der Waals surface area contributed by atoms with Crippen molar-refractivity contribution in [3.05, 3.63) is 57.2 Å². The van der Waals surface area contributed by atoms with Crippen LogP contribution in [0.25, 0.3) is 0 Å². The average molecular weight is 440 g/mol. The Balaban J connectivity index is 1.61. The molecule has 3 nitrogen and oxygen atoms in total. The van der Waals surface area contributed by atoms with Crippen molar-refractivity contribution in [1.82, 2.24) is 10.3 Å². The van der Waals surface area contributed by atoms with Gasteiger partial charge in [0, 0.05) is 18.3 Å². The fraction of sp³-hybridized carbons (Fsp3) is 0.421. The number of methoxy groups -OCH3 is 1. The van der Waals surface area contributed by atoms with Gasteiger partial charge in [-0.2, -0.15) is 0 Å². The highest BCUT2D eigenvalue weighted by Crippen LogP contribution is 2.35. The normalized spacial score (nSPS) is 21.7. The lowest BCUT2D eigenvalue weighted by Crippen LogP contribution is -2.29. The SMILES string of the molecule is COc1cc([C@@H](C)N[C@H]2CC[C@@H](c3ccc(I)nc3)C2)ccc1F. The molecule has 24 heavy (non-hydrogen) atoms. The first-order chi connectivity index (χ1) is 11.6.